The maximum atomic E-state index is 11.9. The maximum Gasteiger partial charge on any atom is 0.261 e. The molecular formula is C9H12ClN5O2S. The maximum absolute atomic E-state index is 11.9. The number of nitrogens with one attached hydrogen (secondary N) is 2. The SMILES string of the molecule is Cn1cnc(S(=O)(=O)NCCc2ncc[nH]2)c1Cl. The molecule has 0 aliphatic heterocycles. The second-order valence-electron chi connectivity index (χ2n) is 3.64. The zero-order chi connectivity index (χ0) is 13.2. The summed E-state index contributed by atoms with van der Waals surface area (Å²) in [5, 5.41) is -0.0772. The van der Waals surface area contributed by atoms with Crippen LogP contribution in [0, 0.1) is 0 Å². The average Bonchev–Trinajstić information content (AvgIpc) is 2.91. The highest BCUT2D eigenvalue weighted by molar-refractivity contribution is 7.89. The molecular weight excluding hydrogens is 278 g/mol. The molecule has 0 atom stereocenters. The number of aromatic amines is 1. The fourth-order valence-electron chi connectivity index (χ4n) is 1.38. The van der Waals surface area contributed by atoms with E-state index in [1.807, 2.05) is 0 Å². The lowest BCUT2D eigenvalue weighted by atomic mass is 10.4. The highest BCUT2D eigenvalue weighted by Crippen LogP contribution is 2.17. The van der Waals surface area contributed by atoms with E-state index in [1.165, 1.54) is 10.9 Å². The molecule has 0 aliphatic rings. The van der Waals surface area contributed by atoms with Crippen molar-refractivity contribution < 1.29 is 8.42 Å². The molecule has 0 amide bonds. The van der Waals surface area contributed by atoms with Crippen molar-refractivity contribution in [1.29, 1.82) is 0 Å². The number of aromatic nitrogens is 4. The van der Waals surface area contributed by atoms with E-state index < -0.39 is 10.0 Å². The molecule has 0 radical (unpaired) electrons. The lowest BCUT2D eigenvalue weighted by molar-refractivity contribution is 0.577. The number of sulfonamides is 1. The molecule has 0 unspecified atom stereocenters. The van der Waals surface area contributed by atoms with Crippen molar-refractivity contribution in [2.75, 3.05) is 6.54 Å². The van der Waals surface area contributed by atoms with Gasteiger partial charge in [-0.15, -0.1) is 0 Å². The van der Waals surface area contributed by atoms with E-state index in [2.05, 4.69) is 19.7 Å². The number of H-pyrrole nitrogens is 1. The first-order valence-corrected chi connectivity index (χ1v) is 7.01. The summed E-state index contributed by atoms with van der Waals surface area (Å²) < 4.78 is 27.6. The quantitative estimate of drug-likeness (QED) is 0.829. The Kier molecular flexibility index (Phi) is 3.69. The van der Waals surface area contributed by atoms with Crippen LogP contribution in [0.4, 0.5) is 0 Å². The highest BCUT2D eigenvalue weighted by atomic mass is 35.5. The standard InChI is InChI=1S/C9H12ClN5O2S/c1-15-6-13-9(8(15)10)18(16,17)14-3-2-7-11-4-5-12-7/h4-6,14H,2-3H2,1H3,(H,11,12). The van der Waals surface area contributed by atoms with Gasteiger partial charge in [0.1, 0.15) is 11.0 Å². The lowest BCUT2D eigenvalue weighted by Crippen LogP contribution is -2.26. The Hall–Kier alpha value is -1.38. The Balaban J connectivity index is 2.02. The van der Waals surface area contributed by atoms with Gasteiger partial charge in [0.05, 0.1) is 6.33 Å². The molecule has 0 fully saturated rings. The zero-order valence-corrected chi connectivity index (χ0v) is 11.2. The Labute approximate surface area is 109 Å². The molecule has 9 heteroatoms. The minimum Gasteiger partial charge on any atom is -0.349 e. The lowest BCUT2D eigenvalue weighted by Gasteiger charge is -2.03. The molecule has 0 aliphatic carbocycles. The van der Waals surface area contributed by atoms with Crippen molar-refractivity contribution in [3.63, 3.8) is 0 Å². The number of hydrogen-bond acceptors (Lipinski definition) is 4. The van der Waals surface area contributed by atoms with Gasteiger partial charge in [0.25, 0.3) is 10.0 Å². The number of hydrogen-bond donors (Lipinski definition) is 2. The van der Waals surface area contributed by atoms with Crippen LogP contribution in [0.2, 0.25) is 5.15 Å². The average molecular weight is 290 g/mol. The summed E-state index contributed by atoms with van der Waals surface area (Å²) in [5.74, 6) is 0.713. The summed E-state index contributed by atoms with van der Waals surface area (Å²) in [4.78, 5) is 10.6. The molecule has 2 aromatic rings. The van der Waals surface area contributed by atoms with E-state index in [-0.39, 0.29) is 16.7 Å². The number of halogens is 1. The first kappa shape index (κ1) is 13.1. The van der Waals surface area contributed by atoms with Crippen LogP contribution in [-0.4, -0.2) is 34.5 Å². The summed E-state index contributed by atoms with van der Waals surface area (Å²) in [7, 11) is -2.06. The van der Waals surface area contributed by atoms with Crippen molar-refractivity contribution in [3.8, 4) is 0 Å². The largest absolute Gasteiger partial charge is 0.349 e. The van der Waals surface area contributed by atoms with Gasteiger partial charge in [-0.3, -0.25) is 0 Å². The Morgan fingerprint density at radius 1 is 1.50 bits per heavy atom. The van der Waals surface area contributed by atoms with E-state index in [4.69, 9.17) is 11.6 Å². The molecule has 2 heterocycles. The molecule has 18 heavy (non-hydrogen) atoms. The van der Waals surface area contributed by atoms with Crippen LogP contribution >= 0.6 is 11.6 Å². The van der Waals surface area contributed by atoms with Gasteiger partial charge in [0.15, 0.2) is 0 Å². The first-order valence-electron chi connectivity index (χ1n) is 5.15. The summed E-state index contributed by atoms with van der Waals surface area (Å²) in [5.41, 5.74) is 0. The summed E-state index contributed by atoms with van der Waals surface area (Å²) in [6.45, 7) is 0.225. The first-order chi connectivity index (χ1) is 8.50. The van der Waals surface area contributed by atoms with Crippen LogP contribution in [0.15, 0.2) is 23.7 Å². The summed E-state index contributed by atoms with van der Waals surface area (Å²) in [6, 6.07) is 0. The molecule has 0 spiro atoms. The third-order valence-corrected chi connectivity index (χ3v) is 4.25. The molecule has 0 saturated heterocycles. The third-order valence-electron chi connectivity index (χ3n) is 2.30. The van der Waals surface area contributed by atoms with Crippen LogP contribution in [0.1, 0.15) is 5.82 Å². The smallest absolute Gasteiger partial charge is 0.261 e. The van der Waals surface area contributed by atoms with Crippen LogP contribution in [0.5, 0.6) is 0 Å². The summed E-state index contributed by atoms with van der Waals surface area (Å²) in [6.07, 6.45) is 5.11. The van der Waals surface area contributed by atoms with Gasteiger partial charge in [-0.25, -0.2) is 23.1 Å². The Morgan fingerprint density at radius 2 is 2.28 bits per heavy atom. The summed E-state index contributed by atoms with van der Waals surface area (Å²) >= 11 is 5.83. The zero-order valence-electron chi connectivity index (χ0n) is 9.59. The predicted molar refractivity (Wildman–Crippen MR) is 65.7 cm³/mol. The van der Waals surface area contributed by atoms with Gasteiger partial charge in [0.2, 0.25) is 5.03 Å². The number of rotatable bonds is 5. The third kappa shape index (κ3) is 2.71. The van der Waals surface area contributed by atoms with Crippen molar-refractivity contribution in [1.82, 2.24) is 24.2 Å². The topological polar surface area (TPSA) is 92.7 Å². The van der Waals surface area contributed by atoms with E-state index in [9.17, 15) is 8.42 Å². The minimum absolute atomic E-state index is 0.0838. The van der Waals surface area contributed by atoms with Crippen molar-refractivity contribution in [2.45, 2.75) is 11.4 Å². The van der Waals surface area contributed by atoms with Crippen LogP contribution in [0.3, 0.4) is 0 Å². The molecule has 0 aromatic carbocycles. The van der Waals surface area contributed by atoms with Crippen molar-refractivity contribution in [3.05, 3.63) is 29.7 Å². The monoisotopic (exact) mass is 289 g/mol. The Bertz CT molecular complexity index is 619. The van der Waals surface area contributed by atoms with Crippen molar-refractivity contribution >= 4 is 21.6 Å². The normalized spacial score (nSPS) is 11.9. The van der Waals surface area contributed by atoms with E-state index in [0.29, 0.717) is 12.2 Å². The molecule has 7 nitrogen and oxygen atoms in total. The molecule has 2 aromatic heterocycles. The van der Waals surface area contributed by atoms with Crippen molar-refractivity contribution in [2.24, 2.45) is 7.05 Å². The fraction of sp³-hybridized carbons (Fsp3) is 0.333. The van der Waals surface area contributed by atoms with Crippen LogP contribution in [0.25, 0.3) is 0 Å². The van der Waals surface area contributed by atoms with Gasteiger partial charge in [-0.05, 0) is 0 Å². The minimum atomic E-state index is -3.68. The second kappa shape index (κ2) is 5.09. The van der Waals surface area contributed by atoms with Gasteiger partial charge in [-0.1, -0.05) is 11.6 Å². The van der Waals surface area contributed by atoms with E-state index in [0.717, 1.165) is 0 Å². The van der Waals surface area contributed by atoms with Gasteiger partial charge < -0.3 is 9.55 Å². The number of aryl methyl sites for hydroxylation is 1. The molecule has 98 valence electrons. The molecule has 2 N–H and O–H groups in total. The highest BCUT2D eigenvalue weighted by Gasteiger charge is 2.21. The molecule has 0 bridgehead atoms. The van der Waals surface area contributed by atoms with Gasteiger partial charge in [0, 0.05) is 32.4 Å². The number of nitrogens with zero attached hydrogens (tertiary/aromatic N) is 3. The predicted octanol–water partition coefficient (Wildman–Crippen LogP) is 0.318. The van der Waals surface area contributed by atoms with E-state index in [1.54, 1.807) is 19.4 Å². The Morgan fingerprint density at radius 3 is 2.83 bits per heavy atom. The second-order valence-corrected chi connectivity index (χ2v) is 5.68. The van der Waals surface area contributed by atoms with Crippen LogP contribution in [-0.2, 0) is 23.5 Å². The fourth-order valence-corrected chi connectivity index (χ4v) is 2.84. The molecule has 2 rings (SSSR count). The van der Waals surface area contributed by atoms with Crippen LogP contribution < -0.4 is 4.72 Å². The van der Waals surface area contributed by atoms with Gasteiger partial charge >= 0.3 is 0 Å². The molecule has 0 saturated carbocycles. The van der Waals surface area contributed by atoms with E-state index >= 15 is 0 Å². The number of imidazole rings is 2. The van der Waals surface area contributed by atoms with Gasteiger partial charge in [-0.2, -0.15) is 0 Å².